The Morgan fingerprint density at radius 2 is 2.29 bits per heavy atom. The lowest BCUT2D eigenvalue weighted by atomic mass is 10.1. The maximum atomic E-state index is 5.68. The lowest BCUT2D eigenvalue weighted by Crippen LogP contribution is -1.87. The predicted molar refractivity (Wildman–Crippen MR) is 63.4 cm³/mol. The summed E-state index contributed by atoms with van der Waals surface area (Å²) >= 11 is 0. The first kappa shape index (κ1) is 10.3. The van der Waals surface area contributed by atoms with Gasteiger partial charge in [-0.3, -0.25) is 4.99 Å². The molecule has 0 saturated carbocycles. The molecule has 2 N–H and O–H groups in total. The number of rotatable bonds is 3. The van der Waals surface area contributed by atoms with Gasteiger partial charge in [-0.2, -0.15) is 0 Å². The van der Waals surface area contributed by atoms with E-state index >= 15 is 0 Å². The van der Waals surface area contributed by atoms with E-state index in [2.05, 4.69) is 11.6 Å². The van der Waals surface area contributed by atoms with E-state index in [4.69, 9.17) is 5.73 Å². The number of nitrogen functional groups attached to an aromatic ring is 1. The first-order chi connectivity index (χ1) is 6.77. The number of anilines is 1. The highest BCUT2D eigenvalue weighted by Gasteiger charge is 1.95. The van der Waals surface area contributed by atoms with Gasteiger partial charge in [0.15, 0.2) is 0 Å². The van der Waals surface area contributed by atoms with Gasteiger partial charge < -0.3 is 5.73 Å². The van der Waals surface area contributed by atoms with Crippen LogP contribution in [0.3, 0.4) is 0 Å². The van der Waals surface area contributed by atoms with E-state index in [0.717, 1.165) is 16.8 Å². The fourth-order valence-corrected chi connectivity index (χ4v) is 1.16. The third-order valence-corrected chi connectivity index (χ3v) is 1.84. The van der Waals surface area contributed by atoms with Crippen LogP contribution >= 0.6 is 0 Å². The van der Waals surface area contributed by atoms with Crippen LogP contribution < -0.4 is 5.73 Å². The second kappa shape index (κ2) is 5.02. The predicted octanol–water partition coefficient (Wildman–Crippen LogP) is 2.54. The van der Waals surface area contributed by atoms with Gasteiger partial charge in [0.2, 0.25) is 0 Å². The monoisotopic (exact) mass is 186 g/mol. The third-order valence-electron chi connectivity index (χ3n) is 1.84. The lowest BCUT2D eigenvalue weighted by Gasteiger charge is -2.01. The van der Waals surface area contributed by atoms with Crippen molar-refractivity contribution < 1.29 is 0 Å². The van der Waals surface area contributed by atoms with Crippen molar-refractivity contribution in [1.82, 2.24) is 0 Å². The Labute approximate surface area is 84.5 Å². The summed E-state index contributed by atoms with van der Waals surface area (Å²) in [5.41, 5.74) is 8.51. The average Bonchev–Trinajstić information content (AvgIpc) is 2.19. The van der Waals surface area contributed by atoms with Crippen LogP contribution in [-0.4, -0.2) is 13.3 Å². The molecule has 0 bridgehead atoms. The number of nitrogens with zero attached hydrogens (tertiary/aromatic N) is 1. The molecule has 1 aromatic rings. The Balaban J connectivity index is 3.06. The molecule has 0 fully saturated rings. The van der Waals surface area contributed by atoms with Crippen LogP contribution in [0.1, 0.15) is 5.56 Å². The van der Waals surface area contributed by atoms with Crippen molar-refractivity contribution in [2.45, 2.75) is 0 Å². The van der Waals surface area contributed by atoms with E-state index in [1.807, 2.05) is 30.3 Å². The fourth-order valence-electron chi connectivity index (χ4n) is 1.16. The van der Waals surface area contributed by atoms with Crippen molar-refractivity contribution >= 4 is 17.5 Å². The van der Waals surface area contributed by atoms with E-state index < -0.39 is 0 Å². The van der Waals surface area contributed by atoms with E-state index in [9.17, 15) is 0 Å². The molecule has 14 heavy (non-hydrogen) atoms. The second-order valence-electron chi connectivity index (χ2n) is 2.86. The summed E-state index contributed by atoms with van der Waals surface area (Å²) in [4.78, 5) is 3.89. The van der Waals surface area contributed by atoms with E-state index in [0.29, 0.717) is 0 Å². The topological polar surface area (TPSA) is 38.4 Å². The van der Waals surface area contributed by atoms with Crippen LogP contribution in [0.4, 0.5) is 5.69 Å². The molecular formula is C12H14N2. The Kier molecular flexibility index (Phi) is 3.68. The minimum Gasteiger partial charge on any atom is -0.399 e. The molecule has 0 unspecified atom stereocenters. The molecule has 0 aliphatic rings. The normalized spacial score (nSPS) is 11.9. The Hall–Kier alpha value is -1.83. The summed E-state index contributed by atoms with van der Waals surface area (Å²) in [6.07, 6.45) is 5.43. The van der Waals surface area contributed by atoms with Crippen LogP contribution in [0, 0.1) is 0 Å². The highest BCUT2D eigenvalue weighted by molar-refractivity contribution is 5.88. The van der Waals surface area contributed by atoms with Gasteiger partial charge in [-0.05, 0) is 29.3 Å². The van der Waals surface area contributed by atoms with Gasteiger partial charge in [0.1, 0.15) is 0 Å². The maximum absolute atomic E-state index is 5.68. The van der Waals surface area contributed by atoms with Crippen molar-refractivity contribution in [3.63, 3.8) is 0 Å². The van der Waals surface area contributed by atoms with Gasteiger partial charge in [-0.1, -0.05) is 24.8 Å². The maximum Gasteiger partial charge on any atom is 0.0320 e. The van der Waals surface area contributed by atoms with Gasteiger partial charge in [0.05, 0.1) is 0 Å². The van der Waals surface area contributed by atoms with Crippen LogP contribution in [-0.2, 0) is 0 Å². The molecule has 0 aromatic heterocycles. The molecule has 0 aliphatic heterocycles. The SMILES string of the molecule is C=C/C(=C\C=NC)c1cccc(N)c1. The Bertz CT molecular complexity index is 376. The first-order valence-electron chi connectivity index (χ1n) is 4.38. The van der Waals surface area contributed by atoms with Crippen LogP contribution in [0.25, 0.3) is 5.57 Å². The third kappa shape index (κ3) is 2.59. The van der Waals surface area contributed by atoms with Crippen molar-refractivity contribution in [3.05, 3.63) is 48.6 Å². The highest BCUT2D eigenvalue weighted by Crippen LogP contribution is 2.17. The second-order valence-corrected chi connectivity index (χ2v) is 2.86. The van der Waals surface area contributed by atoms with Gasteiger partial charge in [-0.25, -0.2) is 0 Å². The summed E-state index contributed by atoms with van der Waals surface area (Å²) in [5, 5.41) is 0. The number of benzene rings is 1. The van der Waals surface area contributed by atoms with Crippen molar-refractivity contribution in [3.8, 4) is 0 Å². The summed E-state index contributed by atoms with van der Waals surface area (Å²) in [7, 11) is 1.73. The number of allylic oxidation sites excluding steroid dienone is 3. The van der Waals surface area contributed by atoms with E-state index in [1.165, 1.54) is 0 Å². The largest absolute Gasteiger partial charge is 0.399 e. The zero-order valence-corrected chi connectivity index (χ0v) is 8.27. The number of nitrogens with two attached hydrogens (primary N) is 1. The highest BCUT2D eigenvalue weighted by atomic mass is 14.6. The van der Waals surface area contributed by atoms with Crippen molar-refractivity contribution in [2.24, 2.45) is 4.99 Å². The standard InChI is InChI=1S/C12H14N2/c1-3-10(7-8-14-2)11-5-4-6-12(13)9-11/h3-9H,1,13H2,2H3/b10-7+,14-8?. The number of hydrogen-bond acceptors (Lipinski definition) is 2. The molecule has 0 saturated heterocycles. The lowest BCUT2D eigenvalue weighted by molar-refractivity contribution is 1.48. The molecule has 0 heterocycles. The molecule has 2 heteroatoms. The zero-order chi connectivity index (χ0) is 10.4. The molecule has 1 rings (SSSR count). The van der Waals surface area contributed by atoms with Crippen LogP contribution in [0.15, 0.2) is 48.0 Å². The molecule has 1 aromatic carbocycles. The fraction of sp³-hybridized carbons (Fsp3) is 0.0833. The number of hydrogen-bond donors (Lipinski definition) is 1. The molecule has 2 nitrogen and oxygen atoms in total. The van der Waals surface area contributed by atoms with Gasteiger partial charge >= 0.3 is 0 Å². The summed E-state index contributed by atoms with van der Waals surface area (Å²) in [5.74, 6) is 0. The van der Waals surface area contributed by atoms with Crippen molar-refractivity contribution in [2.75, 3.05) is 12.8 Å². The average molecular weight is 186 g/mol. The van der Waals surface area contributed by atoms with Gasteiger partial charge in [-0.15, -0.1) is 0 Å². The van der Waals surface area contributed by atoms with Crippen LogP contribution in [0.2, 0.25) is 0 Å². The first-order valence-corrected chi connectivity index (χ1v) is 4.38. The molecule has 0 atom stereocenters. The quantitative estimate of drug-likeness (QED) is 0.439. The Morgan fingerprint density at radius 3 is 2.86 bits per heavy atom. The number of aliphatic imine (C=N–C) groups is 1. The minimum atomic E-state index is 0.753. The molecule has 0 spiro atoms. The Morgan fingerprint density at radius 1 is 1.50 bits per heavy atom. The zero-order valence-electron chi connectivity index (χ0n) is 8.27. The molecule has 0 aliphatic carbocycles. The molecular weight excluding hydrogens is 172 g/mol. The van der Waals surface area contributed by atoms with Gasteiger partial charge in [0.25, 0.3) is 0 Å². The van der Waals surface area contributed by atoms with Crippen LogP contribution in [0.5, 0.6) is 0 Å². The molecule has 0 radical (unpaired) electrons. The summed E-state index contributed by atoms with van der Waals surface area (Å²) < 4.78 is 0. The van der Waals surface area contributed by atoms with E-state index in [-0.39, 0.29) is 0 Å². The summed E-state index contributed by atoms with van der Waals surface area (Å²) in [6.45, 7) is 3.75. The molecule has 72 valence electrons. The van der Waals surface area contributed by atoms with E-state index in [1.54, 1.807) is 19.3 Å². The summed E-state index contributed by atoms with van der Waals surface area (Å²) in [6, 6.07) is 7.69. The molecule has 0 amide bonds. The smallest absolute Gasteiger partial charge is 0.0320 e. The van der Waals surface area contributed by atoms with Gasteiger partial charge in [0, 0.05) is 18.9 Å². The minimum absolute atomic E-state index is 0.753. The van der Waals surface area contributed by atoms with Crippen molar-refractivity contribution in [1.29, 1.82) is 0 Å².